The predicted molar refractivity (Wildman–Crippen MR) is 132 cm³/mol. The van der Waals surface area contributed by atoms with E-state index in [9.17, 15) is 18.0 Å². The number of esters is 1. The highest BCUT2D eigenvalue weighted by Crippen LogP contribution is 2.20. The number of aromatic nitrogens is 1. The quantitative estimate of drug-likeness (QED) is 0.415. The first-order valence-corrected chi connectivity index (χ1v) is 13.3. The van der Waals surface area contributed by atoms with E-state index in [2.05, 4.69) is 4.99 Å². The van der Waals surface area contributed by atoms with Crippen molar-refractivity contribution in [2.45, 2.75) is 45.1 Å². The summed E-state index contributed by atoms with van der Waals surface area (Å²) in [5.41, 5.74) is 2.09. The molecule has 0 N–H and O–H groups in total. The molecular weight excluding hydrogens is 474 g/mol. The summed E-state index contributed by atoms with van der Waals surface area (Å²) in [4.78, 5) is 29.6. The molecule has 0 fully saturated rings. The minimum Gasteiger partial charge on any atom is -0.468 e. The van der Waals surface area contributed by atoms with Crippen molar-refractivity contribution in [1.29, 1.82) is 0 Å². The van der Waals surface area contributed by atoms with Crippen LogP contribution in [0, 0.1) is 6.92 Å². The number of fused-ring (bicyclic) bond motifs is 1. The van der Waals surface area contributed by atoms with E-state index in [1.807, 2.05) is 32.0 Å². The average molecular weight is 504 g/mol. The summed E-state index contributed by atoms with van der Waals surface area (Å²) >= 11 is 1.30. The van der Waals surface area contributed by atoms with Crippen LogP contribution in [0.25, 0.3) is 10.2 Å². The van der Waals surface area contributed by atoms with E-state index < -0.39 is 21.9 Å². The first kappa shape index (κ1) is 25.8. The molecule has 0 aliphatic heterocycles. The summed E-state index contributed by atoms with van der Waals surface area (Å²) in [5, 5.41) is 0. The van der Waals surface area contributed by atoms with Gasteiger partial charge < -0.3 is 9.30 Å². The highest BCUT2D eigenvalue weighted by Gasteiger charge is 2.22. The van der Waals surface area contributed by atoms with Gasteiger partial charge in [-0.25, -0.2) is 8.42 Å². The Kier molecular flexibility index (Phi) is 8.40. The van der Waals surface area contributed by atoms with E-state index >= 15 is 0 Å². The maximum absolute atomic E-state index is 12.9. The van der Waals surface area contributed by atoms with Crippen LogP contribution < -0.4 is 4.80 Å². The van der Waals surface area contributed by atoms with Gasteiger partial charge in [0.15, 0.2) is 4.80 Å². The fourth-order valence-corrected chi connectivity index (χ4v) is 6.08. The Morgan fingerprint density at radius 3 is 2.44 bits per heavy atom. The average Bonchev–Trinajstić information content (AvgIpc) is 3.14. The lowest BCUT2D eigenvalue weighted by Gasteiger charge is -2.20. The van der Waals surface area contributed by atoms with Gasteiger partial charge in [0.1, 0.15) is 6.54 Å². The van der Waals surface area contributed by atoms with Crippen LogP contribution in [0.5, 0.6) is 0 Å². The number of benzene rings is 2. The van der Waals surface area contributed by atoms with E-state index in [1.54, 1.807) is 11.5 Å². The molecule has 0 bridgehead atoms. The number of hydrogen-bond acceptors (Lipinski definition) is 6. The first-order chi connectivity index (χ1) is 16.2. The topological polar surface area (TPSA) is 98.0 Å². The number of methoxy groups -OCH3 is 1. The lowest BCUT2D eigenvalue weighted by Crippen LogP contribution is -2.31. The molecule has 1 amide bonds. The van der Waals surface area contributed by atoms with Gasteiger partial charge in [-0.2, -0.15) is 9.30 Å². The highest BCUT2D eigenvalue weighted by molar-refractivity contribution is 7.89. The summed E-state index contributed by atoms with van der Waals surface area (Å²) in [5.74, 6) is -0.976. The predicted octanol–water partition coefficient (Wildman–Crippen LogP) is 3.74. The third-order valence-corrected chi connectivity index (χ3v) is 8.43. The SMILES string of the molecule is CCCCN(CC)S(=O)(=O)c1ccc(C(=O)N=c2sc3cc(C)ccc3n2CC(=O)OC)cc1. The van der Waals surface area contributed by atoms with Crippen LogP contribution in [0.3, 0.4) is 0 Å². The second kappa shape index (κ2) is 11.1. The molecule has 0 unspecified atom stereocenters. The summed E-state index contributed by atoms with van der Waals surface area (Å²) in [6, 6.07) is 11.6. The second-order valence-electron chi connectivity index (χ2n) is 7.81. The fraction of sp³-hybridized carbons (Fsp3) is 0.375. The zero-order chi connectivity index (χ0) is 24.9. The van der Waals surface area contributed by atoms with Crippen LogP contribution >= 0.6 is 11.3 Å². The molecule has 34 heavy (non-hydrogen) atoms. The lowest BCUT2D eigenvalue weighted by atomic mass is 10.2. The van der Waals surface area contributed by atoms with Crippen molar-refractivity contribution in [2.24, 2.45) is 4.99 Å². The minimum atomic E-state index is -3.63. The molecule has 182 valence electrons. The van der Waals surface area contributed by atoms with Crippen molar-refractivity contribution in [3.05, 3.63) is 58.4 Å². The van der Waals surface area contributed by atoms with E-state index in [-0.39, 0.29) is 17.0 Å². The number of sulfonamides is 1. The minimum absolute atomic E-state index is 0.0759. The molecule has 0 atom stereocenters. The third kappa shape index (κ3) is 5.63. The molecule has 0 aliphatic carbocycles. The number of rotatable bonds is 9. The molecule has 10 heteroatoms. The molecule has 8 nitrogen and oxygen atoms in total. The van der Waals surface area contributed by atoms with Crippen molar-refractivity contribution in [2.75, 3.05) is 20.2 Å². The molecule has 0 saturated heterocycles. The normalized spacial score (nSPS) is 12.4. The maximum atomic E-state index is 12.9. The van der Waals surface area contributed by atoms with Crippen molar-refractivity contribution in [1.82, 2.24) is 8.87 Å². The number of amides is 1. The Morgan fingerprint density at radius 2 is 1.82 bits per heavy atom. The molecule has 1 heterocycles. The first-order valence-electron chi connectivity index (χ1n) is 11.1. The number of hydrogen-bond donors (Lipinski definition) is 0. The summed E-state index contributed by atoms with van der Waals surface area (Å²) < 4.78 is 34.6. The number of carbonyl (C=O) groups is 2. The van der Waals surface area contributed by atoms with Crippen molar-refractivity contribution in [3.63, 3.8) is 0 Å². The van der Waals surface area contributed by atoms with Crippen LogP contribution in [-0.2, 0) is 26.1 Å². The van der Waals surface area contributed by atoms with Gasteiger partial charge in [0.25, 0.3) is 5.91 Å². The molecule has 0 radical (unpaired) electrons. The molecular formula is C24H29N3O5S2. The van der Waals surface area contributed by atoms with E-state index in [0.717, 1.165) is 28.6 Å². The fourth-order valence-electron chi connectivity index (χ4n) is 3.46. The molecule has 3 rings (SSSR count). The third-order valence-electron chi connectivity index (χ3n) is 5.40. The summed E-state index contributed by atoms with van der Waals surface area (Å²) in [7, 11) is -2.32. The van der Waals surface area contributed by atoms with Gasteiger partial charge in [0, 0.05) is 18.7 Å². The Labute approximate surface area is 203 Å². The van der Waals surface area contributed by atoms with Gasteiger partial charge in [-0.3, -0.25) is 9.59 Å². The maximum Gasteiger partial charge on any atom is 0.325 e. The van der Waals surface area contributed by atoms with E-state index in [0.29, 0.717) is 17.9 Å². The molecule has 3 aromatic rings. The monoisotopic (exact) mass is 503 g/mol. The number of thiazole rings is 1. The lowest BCUT2D eigenvalue weighted by molar-refractivity contribution is -0.141. The Bertz CT molecular complexity index is 1360. The van der Waals surface area contributed by atoms with Crippen LogP contribution in [-0.4, -0.2) is 49.4 Å². The van der Waals surface area contributed by atoms with Gasteiger partial charge in [0.2, 0.25) is 10.0 Å². The Balaban J connectivity index is 1.96. The van der Waals surface area contributed by atoms with Gasteiger partial charge >= 0.3 is 5.97 Å². The summed E-state index contributed by atoms with van der Waals surface area (Å²) in [6.45, 7) is 6.54. The van der Waals surface area contributed by atoms with Crippen molar-refractivity contribution in [3.8, 4) is 0 Å². The largest absolute Gasteiger partial charge is 0.468 e. The van der Waals surface area contributed by atoms with E-state index in [1.165, 1.54) is 47.0 Å². The molecule has 0 aliphatic rings. The Morgan fingerprint density at radius 1 is 1.12 bits per heavy atom. The smallest absolute Gasteiger partial charge is 0.325 e. The van der Waals surface area contributed by atoms with Gasteiger partial charge in [-0.15, -0.1) is 0 Å². The standard InChI is InChI=1S/C24H29N3O5S2/c1-5-7-14-26(6-2)34(30,31)19-11-9-18(10-12-19)23(29)25-24-27(16-22(28)32-4)20-13-8-17(3)15-21(20)33-24/h8-13,15H,5-7,14,16H2,1-4H3. The number of nitrogens with zero attached hydrogens (tertiary/aromatic N) is 3. The van der Waals surface area contributed by atoms with Gasteiger partial charge in [-0.05, 0) is 55.3 Å². The zero-order valence-electron chi connectivity index (χ0n) is 19.8. The number of ether oxygens (including phenoxy) is 1. The number of unbranched alkanes of at least 4 members (excludes halogenated alkanes) is 1. The second-order valence-corrected chi connectivity index (χ2v) is 10.8. The van der Waals surface area contributed by atoms with Gasteiger partial charge in [0.05, 0.1) is 22.2 Å². The van der Waals surface area contributed by atoms with Crippen molar-refractivity contribution >= 4 is 43.5 Å². The molecule has 2 aromatic carbocycles. The Hall–Kier alpha value is -2.82. The molecule has 0 saturated carbocycles. The van der Waals surface area contributed by atoms with Crippen LogP contribution in [0.4, 0.5) is 0 Å². The van der Waals surface area contributed by atoms with Crippen LogP contribution in [0.15, 0.2) is 52.4 Å². The summed E-state index contributed by atoms with van der Waals surface area (Å²) in [6.07, 6.45) is 1.68. The highest BCUT2D eigenvalue weighted by atomic mass is 32.2. The van der Waals surface area contributed by atoms with E-state index in [4.69, 9.17) is 4.74 Å². The van der Waals surface area contributed by atoms with Gasteiger partial charge in [-0.1, -0.05) is 37.7 Å². The molecule has 0 spiro atoms. The van der Waals surface area contributed by atoms with Crippen LogP contribution in [0.1, 0.15) is 42.6 Å². The zero-order valence-corrected chi connectivity index (χ0v) is 21.4. The van der Waals surface area contributed by atoms with Crippen molar-refractivity contribution < 1.29 is 22.7 Å². The molecule has 1 aromatic heterocycles. The number of aryl methyl sites for hydroxylation is 1. The van der Waals surface area contributed by atoms with Crippen LogP contribution in [0.2, 0.25) is 0 Å². The number of carbonyl (C=O) groups excluding carboxylic acids is 2.